The summed E-state index contributed by atoms with van der Waals surface area (Å²) in [6.45, 7) is 2.65. The highest BCUT2D eigenvalue weighted by Crippen LogP contribution is 2.25. The summed E-state index contributed by atoms with van der Waals surface area (Å²) in [6.07, 6.45) is 2.47. The molecule has 0 spiro atoms. The minimum atomic E-state index is -0.910. The predicted octanol–water partition coefficient (Wildman–Crippen LogP) is 1.08. The fraction of sp³-hybridized carbons (Fsp3) is 0.667. The van der Waals surface area contributed by atoms with E-state index in [0.29, 0.717) is 18.8 Å². The molecule has 120 valence electrons. The predicted molar refractivity (Wildman–Crippen MR) is 79.3 cm³/mol. The van der Waals surface area contributed by atoms with Crippen LogP contribution in [-0.4, -0.2) is 53.6 Å². The maximum Gasteiger partial charge on any atom is 0.249 e. The number of halogens is 1. The molecule has 2 saturated heterocycles. The number of amides is 1. The standard InChI is InChI=1S/C15H21FN4O2/c1-10-4-5-13(22-10)15(21)17-8-12-7-11(16)9-20(12)14-3-2-6-18-19-14/h2-3,6,10-13H,4-5,7-9H2,1H3,(H,17,21)/t10-,11+,12+,13+/m1/s1. The summed E-state index contributed by atoms with van der Waals surface area (Å²) < 4.78 is 19.3. The van der Waals surface area contributed by atoms with Crippen LogP contribution in [0.3, 0.4) is 0 Å². The number of carbonyl (C=O) groups is 1. The van der Waals surface area contributed by atoms with E-state index in [1.54, 1.807) is 12.3 Å². The van der Waals surface area contributed by atoms with Crippen LogP contribution in [0.2, 0.25) is 0 Å². The molecule has 2 fully saturated rings. The molecular formula is C15H21FN4O2. The van der Waals surface area contributed by atoms with Gasteiger partial charge in [-0.1, -0.05) is 0 Å². The van der Waals surface area contributed by atoms with Gasteiger partial charge in [0, 0.05) is 19.2 Å². The summed E-state index contributed by atoms with van der Waals surface area (Å²) in [4.78, 5) is 14.0. The highest BCUT2D eigenvalue weighted by molar-refractivity contribution is 5.81. The highest BCUT2D eigenvalue weighted by Gasteiger charge is 2.34. The zero-order valence-corrected chi connectivity index (χ0v) is 12.6. The lowest BCUT2D eigenvalue weighted by Crippen LogP contribution is -2.44. The van der Waals surface area contributed by atoms with Gasteiger partial charge in [-0.2, -0.15) is 5.10 Å². The Hall–Kier alpha value is -1.76. The number of hydrogen-bond acceptors (Lipinski definition) is 5. The van der Waals surface area contributed by atoms with Crippen molar-refractivity contribution in [2.24, 2.45) is 0 Å². The van der Waals surface area contributed by atoms with E-state index in [0.717, 1.165) is 12.8 Å². The van der Waals surface area contributed by atoms with Gasteiger partial charge in [0.25, 0.3) is 0 Å². The maximum atomic E-state index is 13.8. The zero-order chi connectivity index (χ0) is 15.5. The van der Waals surface area contributed by atoms with Crippen molar-refractivity contribution in [1.29, 1.82) is 0 Å². The zero-order valence-electron chi connectivity index (χ0n) is 12.6. The maximum absolute atomic E-state index is 13.8. The van der Waals surface area contributed by atoms with Crippen molar-refractivity contribution >= 4 is 11.7 Å². The molecule has 0 unspecified atom stereocenters. The van der Waals surface area contributed by atoms with E-state index < -0.39 is 6.17 Å². The van der Waals surface area contributed by atoms with E-state index in [1.807, 2.05) is 17.9 Å². The van der Waals surface area contributed by atoms with Gasteiger partial charge in [-0.3, -0.25) is 4.79 Å². The first-order valence-electron chi connectivity index (χ1n) is 7.75. The van der Waals surface area contributed by atoms with E-state index >= 15 is 0 Å². The molecule has 7 heteroatoms. The molecule has 3 rings (SSSR count). The lowest BCUT2D eigenvalue weighted by Gasteiger charge is -2.25. The van der Waals surface area contributed by atoms with Crippen LogP contribution < -0.4 is 10.2 Å². The molecule has 0 saturated carbocycles. The fourth-order valence-corrected chi connectivity index (χ4v) is 3.11. The molecule has 22 heavy (non-hydrogen) atoms. The number of anilines is 1. The van der Waals surface area contributed by atoms with Crippen LogP contribution >= 0.6 is 0 Å². The van der Waals surface area contributed by atoms with Crippen molar-refractivity contribution in [3.8, 4) is 0 Å². The molecule has 4 atom stereocenters. The molecule has 1 aromatic rings. The largest absolute Gasteiger partial charge is 0.365 e. The summed E-state index contributed by atoms with van der Waals surface area (Å²) in [7, 11) is 0. The summed E-state index contributed by atoms with van der Waals surface area (Å²) in [5, 5.41) is 10.8. The third-order valence-corrected chi connectivity index (χ3v) is 4.25. The van der Waals surface area contributed by atoms with Crippen LogP contribution in [0.15, 0.2) is 18.3 Å². The van der Waals surface area contributed by atoms with Crippen molar-refractivity contribution in [3.63, 3.8) is 0 Å². The van der Waals surface area contributed by atoms with Gasteiger partial charge in [0.1, 0.15) is 12.3 Å². The van der Waals surface area contributed by atoms with E-state index in [4.69, 9.17) is 4.74 Å². The third kappa shape index (κ3) is 3.35. The summed E-state index contributed by atoms with van der Waals surface area (Å²) in [5.41, 5.74) is 0. The minimum absolute atomic E-state index is 0.102. The van der Waals surface area contributed by atoms with E-state index in [1.165, 1.54) is 0 Å². The van der Waals surface area contributed by atoms with Gasteiger partial charge >= 0.3 is 0 Å². The van der Waals surface area contributed by atoms with Gasteiger partial charge in [-0.05, 0) is 31.9 Å². The van der Waals surface area contributed by atoms with Crippen molar-refractivity contribution in [2.75, 3.05) is 18.0 Å². The second-order valence-corrected chi connectivity index (χ2v) is 5.98. The Bertz CT molecular complexity index is 516. The molecular weight excluding hydrogens is 287 g/mol. The first-order chi connectivity index (χ1) is 10.6. The molecule has 0 radical (unpaired) electrons. The first kappa shape index (κ1) is 15.1. The van der Waals surface area contributed by atoms with E-state index in [9.17, 15) is 9.18 Å². The lowest BCUT2D eigenvalue weighted by molar-refractivity contribution is -0.131. The number of nitrogens with zero attached hydrogens (tertiary/aromatic N) is 3. The molecule has 2 aliphatic heterocycles. The molecule has 1 amide bonds. The number of ether oxygens (including phenoxy) is 1. The van der Waals surface area contributed by atoms with Gasteiger partial charge in [0.05, 0.1) is 18.7 Å². The van der Waals surface area contributed by atoms with Crippen LogP contribution in [0, 0.1) is 0 Å². The summed E-state index contributed by atoms with van der Waals surface area (Å²) in [6, 6.07) is 3.48. The average Bonchev–Trinajstić information content (AvgIpc) is 3.12. The van der Waals surface area contributed by atoms with Crippen LogP contribution in [-0.2, 0) is 9.53 Å². The number of alkyl halides is 1. The molecule has 2 aliphatic rings. The van der Waals surface area contributed by atoms with Crippen LogP contribution in [0.4, 0.5) is 10.2 Å². The molecule has 6 nitrogen and oxygen atoms in total. The Labute approximate surface area is 129 Å². The van der Waals surface area contributed by atoms with Gasteiger partial charge in [0.2, 0.25) is 5.91 Å². The third-order valence-electron chi connectivity index (χ3n) is 4.25. The Kier molecular flexibility index (Phi) is 4.52. The SMILES string of the molecule is C[C@@H]1CC[C@@H](C(=O)NC[C@@H]2C[C@H](F)CN2c2cccnn2)O1. The van der Waals surface area contributed by atoms with Crippen molar-refractivity contribution in [2.45, 2.75) is 50.6 Å². The molecule has 0 bridgehead atoms. The van der Waals surface area contributed by atoms with Gasteiger partial charge in [-0.25, -0.2) is 4.39 Å². The van der Waals surface area contributed by atoms with Crippen LogP contribution in [0.25, 0.3) is 0 Å². The molecule has 0 aliphatic carbocycles. The Morgan fingerprint density at radius 2 is 2.41 bits per heavy atom. The second-order valence-electron chi connectivity index (χ2n) is 5.98. The summed E-state index contributed by atoms with van der Waals surface area (Å²) >= 11 is 0. The van der Waals surface area contributed by atoms with E-state index in [2.05, 4.69) is 15.5 Å². The summed E-state index contributed by atoms with van der Waals surface area (Å²) in [5.74, 6) is 0.540. The molecule has 0 aromatic carbocycles. The smallest absolute Gasteiger partial charge is 0.249 e. The van der Waals surface area contributed by atoms with Crippen molar-refractivity contribution in [1.82, 2.24) is 15.5 Å². The van der Waals surface area contributed by atoms with E-state index in [-0.39, 0.29) is 30.7 Å². The Morgan fingerprint density at radius 3 is 3.09 bits per heavy atom. The minimum Gasteiger partial charge on any atom is -0.365 e. The number of aromatic nitrogens is 2. The highest BCUT2D eigenvalue weighted by atomic mass is 19.1. The first-order valence-corrected chi connectivity index (χ1v) is 7.75. The quantitative estimate of drug-likeness (QED) is 0.901. The number of nitrogens with one attached hydrogen (secondary N) is 1. The van der Waals surface area contributed by atoms with Gasteiger partial charge in [-0.15, -0.1) is 5.10 Å². The van der Waals surface area contributed by atoms with Crippen molar-refractivity contribution in [3.05, 3.63) is 18.3 Å². The second kappa shape index (κ2) is 6.56. The average molecular weight is 308 g/mol. The van der Waals surface area contributed by atoms with Crippen LogP contribution in [0.1, 0.15) is 26.2 Å². The lowest BCUT2D eigenvalue weighted by atomic mass is 10.1. The van der Waals surface area contributed by atoms with Crippen molar-refractivity contribution < 1.29 is 13.9 Å². The topological polar surface area (TPSA) is 67.4 Å². The Balaban J connectivity index is 1.57. The number of hydrogen-bond donors (Lipinski definition) is 1. The van der Waals surface area contributed by atoms with Gasteiger partial charge < -0.3 is 15.0 Å². The molecule has 1 aromatic heterocycles. The monoisotopic (exact) mass is 308 g/mol. The fourth-order valence-electron chi connectivity index (χ4n) is 3.11. The van der Waals surface area contributed by atoms with Crippen LogP contribution in [0.5, 0.6) is 0 Å². The number of carbonyl (C=O) groups excluding carboxylic acids is 1. The normalized spacial score (nSPS) is 31.5. The Morgan fingerprint density at radius 1 is 1.55 bits per heavy atom. The number of rotatable bonds is 4. The van der Waals surface area contributed by atoms with Gasteiger partial charge in [0.15, 0.2) is 5.82 Å². The molecule has 1 N–H and O–H groups in total. The molecule has 3 heterocycles.